The number of hydrogen-bond donors (Lipinski definition) is 1. The Hall–Kier alpha value is -3.52. The lowest BCUT2D eigenvalue weighted by Crippen LogP contribution is -2.54. The highest BCUT2D eigenvalue weighted by Gasteiger charge is 2.58. The summed E-state index contributed by atoms with van der Waals surface area (Å²) >= 11 is 1.62. The second kappa shape index (κ2) is 10.00. The number of urea groups is 1. The number of nitrogens with zero attached hydrogens (tertiary/aromatic N) is 3. The number of thiophene rings is 1. The van der Waals surface area contributed by atoms with Crippen molar-refractivity contribution in [2.45, 2.75) is 31.2 Å². The van der Waals surface area contributed by atoms with E-state index in [-0.39, 0.29) is 23.8 Å². The molecule has 0 unspecified atom stereocenters. The molecule has 1 N–H and O–H groups in total. The average molecular weight is 489 g/mol. The normalized spacial score (nSPS) is 20.8. The fraction of sp³-hybridized carbons (Fsp3) is 0.333. The smallest absolute Gasteiger partial charge is 0.325 e. The number of amides is 4. The molecule has 8 heteroatoms. The van der Waals surface area contributed by atoms with Gasteiger partial charge in [0.25, 0.3) is 5.91 Å². The lowest BCUT2D eigenvalue weighted by Gasteiger charge is -2.40. The highest BCUT2D eigenvalue weighted by Crippen LogP contribution is 2.40. The molecule has 4 amide bonds. The molecule has 2 aromatic heterocycles. The van der Waals surface area contributed by atoms with E-state index in [0.717, 1.165) is 10.4 Å². The van der Waals surface area contributed by atoms with Gasteiger partial charge in [-0.05, 0) is 48.4 Å². The Morgan fingerprint density at radius 3 is 2.49 bits per heavy atom. The number of nitrogens with one attached hydrogen (secondary N) is 1. The molecule has 2 aliphatic heterocycles. The predicted molar refractivity (Wildman–Crippen MR) is 134 cm³/mol. The maximum Gasteiger partial charge on any atom is 0.325 e. The molecule has 1 atom stereocenters. The molecule has 0 saturated carbocycles. The highest BCUT2D eigenvalue weighted by atomic mass is 32.1. The van der Waals surface area contributed by atoms with Crippen LogP contribution < -0.4 is 5.32 Å². The number of aromatic nitrogens is 1. The number of hydrogen-bond acceptors (Lipinski definition) is 5. The van der Waals surface area contributed by atoms with Gasteiger partial charge in [0.05, 0.1) is 12.1 Å². The van der Waals surface area contributed by atoms with Crippen LogP contribution in [0.3, 0.4) is 0 Å². The van der Waals surface area contributed by atoms with E-state index in [4.69, 9.17) is 0 Å². The van der Waals surface area contributed by atoms with E-state index in [1.807, 2.05) is 64.9 Å². The van der Waals surface area contributed by atoms with Gasteiger partial charge in [0.1, 0.15) is 0 Å². The molecule has 2 aliphatic rings. The molecule has 3 aromatic rings. The van der Waals surface area contributed by atoms with Crippen LogP contribution in [-0.4, -0.2) is 52.3 Å². The number of carbonyl (C=O) groups excluding carboxylic acids is 3. The Bertz CT molecular complexity index is 1180. The molecular formula is C27H28N4O3S. The van der Waals surface area contributed by atoms with Gasteiger partial charge in [0.2, 0.25) is 5.91 Å². The summed E-state index contributed by atoms with van der Waals surface area (Å²) in [6.45, 7) is 1.42. The monoisotopic (exact) mass is 488 g/mol. The van der Waals surface area contributed by atoms with Crippen LogP contribution in [0.5, 0.6) is 0 Å². The van der Waals surface area contributed by atoms with E-state index in [1.54, 1.807) is 23.6 Å². The van der Waals surface area contributed by atoms with Gasteiger partial charge in [-0.3, -0.25) is 19.5 Å². The molecule has 0 radical (unpaired) electrons. The summed E-state index contributed by atoms with van der Waals surface area (Å²) in [7, 11) is 0. The van der Waals surface area contributed by atoms with Crippen LogP contribution in [-0.2, 0) is 28.0 Å². The first kappa shape index (κ1) is 23.2. The minimum Gasteiger partial charge on any atom is -0.342 e. The van der Waals surface area contributed by atoms with Gasteiger partial charge in [-0.25, -0.2) is 4.79 Å². The lowest BCUT2D eigenvalue weighted by molar-refractivity contribution is -0.136. The topological polar surface area (TPSA) is 82.6 Å². The van der Waals surface area contributed by atoms with Crippen LogP contribution in [0.25, 0.3) is 0 Å². The van der Waals surface area contributed by atoms with Gasteiger partial charge in [0, 0.05) is 36.6 Å². The van der Waals surface area contributed by atoms with Gasteiger partial charge in [-0.1, -0.05) is 42.5 Å². The Morgan fingerprint density at radius 2 is 1.80 bits per heavy atom. The summed E-state index contributed by atoms with van der Waals surface area (Å²) in [6.07, 6.45) is 3.87. The van der Waals surface area contributed by atoms with E-state index in [0.29, 0.717) is 51.0 Å². The first-order chi connectivity index (χ1) is 17.1. The number of piperidine rings is 1. The van der Waals surface area contributed by atoms with Crippen LogP contribution in [0.2, 0.25) is 0 Å². The second-order valence-corrected chi connectivity index (χ2v) is 10.1. The molecule has 0 aliphatic carbocycles. The SMILES string of the molecule is O=C(Cc1ccccc1)N1CCC([C@@]2(c3ccccn3)NC(=O)N(CCc3cccs3)C2=O)CC1. The van der Waals surface area contributed by atoms with Crippen molar-refractivity contribution in [2.24, 2.45) is 5.92 Å². The number of rotatable bonds is 7. The van der Waals surface area contributed by atoms with Gasteiger partial charge in [-0.15, -0.1) is 11.3 Å². The molecule has 2 fully saturated rings. The zero-order valence-corrected chi connectivity index (χ0v) is 20.2. The first-order valence-corrected chi connectivity index (χ1v) is 12.9. The van der Waals surface area contributed by atoms with Crippen LogP contribution in [0, 0.1) is 5.92 Å². The third kappa shape index (κ3) is 4.58. The number of likely N-dealkylation sites (tertiary alicyclic amines) is 1. The largest absolute Gasteiger partial charge is 0.342 e. The predicted octanol–water partition coefficient (Wildman–Crippen LogP) is 3.61. The molecular weight excluding hydrogens is 460 g/mol. The summed E-state index contributed by atoms with van der Waals surface area (Å²) in [4.78, 5) is 48.7. The van der Waals surface area contributed by atoms with Crippen molar-refractivity contribution in [3.05, 3.63) is 88.4 Å². The maximum atomic E-state index is 13.9. The van der Waals surface area contributed by atoms with Crippen LogP contribution in [0.4, 0.5) is 4.79 Å². The molecule has 0 bridgehead atoms. The maximum absolute atomic E-state index is 13.9. The number of imide groups is 1. The molecule has 5 rings (SSSR count). The van der Waals surface area contributed by atoms with E-state index in [1.165, 1.54) is 4.90 Å². The minimum atomic E-state index is -1.21. The Morgan fingerprint density at radius 1 is 1.03 bits per heavy atom. The van der Waals surface area contributed by atoms with E-state index >= 15 is 0 Å². The standard InChI is InChI=1S/C27H28N4O3S/c32-24(19-20-7-2-1-3-8-20)30-15-11-21(12-16-30)27(23-10-4-5-14-28-23)25(33)31(26(34)29-27)17-13-22-9-6-18-35-22/h1-10,14,18,21H,11-13,15-17,19H2,(H,29,34)/t27-/m0/s1. The molecule has 180 valence electrons. The minimum absolute atomic E-state index is 0.0842. The van der Waals surface area contributed by atoms with Crippen molar-refractivity contribution < 1.29 is 14.4 Å². The molecule has 4 heterocycles. The van der Waals surface area contributed by atoms with Crippen molar-refractivity contribution in [3.8, 4) is 0 Å². The first-order valence-electron chi connectivity index (χ1n) is 12.0. The van der Waals surface area contributed by atoms with Crippen molar-refractivity contribution in [1.29, 1.82) is 0 Å². The number of pyridine rings is 1. The van der Waals surface area contributed by atoms with Crippen molar-refractivity contribution in [3.63, 3.8) is 0 Å². The Kier molecular flexibility index (Phi) is 6.63. The zero-order chi connectivity index (χ0) is 24.3. The molecule has 35 heavy (non-hydrogen) atoms. The van der Waals surface area contributed by atoms with Crippen LogP contribution in [0.1, 0.15) is 29.0 Å². The molecule has 0 spiro atoms. The van der Waals surface area contributed by atoms with Gasteiger partial charge in [-0.2, -0.15) is 0 Å². The molecule has 2 saturated heterocycles. The zero-order valence-electron chi connectivity index (χ0n) is 19.4. The Balaban J connectivity index is 1.33. The van der Waals surface area contributed by atoms with Gasteiger partial charge < -0.3 is 10.2 Å². The van der Waals surface area contributed by atoms with Gasteiger partial charge >= 0.3 is 6.03 Å². The third-order valence-electron chi connectivity index (χ3n) is 7.02. The van der Waals surface area contributed by atoms with Crippen molar-refractivity contribution >= 4 is 29.2 Å². The fourth-order valence-corrected chi connectivity index (χ4v) is 5.87. The van der Waals surface area contributed by atoms with Crippen molar-refractivity contribution in [1.82, 2.24) is 20.1 Å². The number of benzene rings is 1. The van der Waals surface area contributed by atoms with Crippen LogP contribution >= 0.6 is 11.3 Å². The lowest BCUT2D eigenvalue weighted by atomic mass is 9.75. The summed E-state index contributed by atoms with van der Waals surface area (Å²) < 4.78 is 0. The second-order valence-electron chi connectivity index (χ2n) is 9.06. The van der Waals surface area contributed by atoms with Gasteiger partial charge in [0.15, 0.2) is 5.54 Å². The van der Waals surface area contributed by atoms with E-state index in [9.17, 15) is 14.4 Å². The number of carbonyl (C=O) groups is 3. The summed E-state index contributed by atoms with van der Waals surface area (Å²) in [6, 6.07) is 18.8. The van der Waals surface area contributed by atoms with E-state index < -0.39 is 5.54 Å². The highest BCUT2D eigenvalue weighted by molar-refractivity contribution is 7.09. The molecule has 7 nitrogen and oxygen atoms in total. The summed E-state index contributed by atoms with van der Waals surface area (Å²) in [5.74, 6) is -0.311. The fourth-order valence-electron chi connectivity index (χ4n) is 5.17. The summed E-state index contributed by atoms with van der Waals surface area (Å²) in [5, 5.41) is 5.03. The third-order valence-corrected chi connectivity index (χ3v) is 7.96. The molecule has 1 aromatic carbocycles. The summed E-state index contributed by atoms with van der Waals surface area (Å²) in [5.41, 5.74) is 0.345. The van der Waals surface area contributed by atoms with E-state index in [2.05, 4.69) is 10.3 Å². The quantitative estimate of drug-likeness (QED) is 0.515. The van der Waals surface area contributed by atoms with Crippen molar-refractivity contribution in [2.75, 3.05) is 19.6 Å². The Labute approximate surface area is 208 Å². The average Bonchev–Trinajstić information content (AvgIpc) is 3.50. The van der Waals surface area contributed by atoms with Crippen LogP contribution in [0.15, 0.2) is 72.2 Å².